The minimum Gasteiger partial charge on any atom is -0.357 e. The molecular weight excluding hydrogens is 360 g/mol. The van der Waals surface area contributed by atoms with Crippen LogP contribution in [0, 0.1) is 0 Å². The minimum atomic E-state index is 0.707. The lowest BCUT2D eigenvalue weighted by Gasteiger charge is -2.21. The third-order valence-corrected chi connectivity index (χ3v) is 5.38. The number of aliphatic imine (C=N–C) groups is 1. The second-order valence-corrected chi connectivity index (χ2v) is 7.70. The number of nitrogens with one attached hydrogen (secondary N) is 2. The summed E-state index contributed by atoms with van der Waals surface area (Å²) in [7, 11) is 0. The molecule has 6 nitrogen and oxygen atoms in total. The Morgan fingerprint density at radius 3 is 2.55 bits per heavy atom. The second-order valence-electron chi connectivity index (χ2n) is 7.70. The smallest absolute Gasteiger partial charge is 0.191 e. The van der Waals surface area contributed by atoms with E-state index in [-0.39, 0.29) is 0 Å². The molecule has 1 aromatic heterocycles. The van der Waals surface area contributed by atoms with E-state index in [1.54, 1.807) is 0 Å². The summed E-state index contributed by atoms with van der Waals surface area (Å²) in [4.78, 5) is 7.45. The Hall–Kier alpha value is -2.34. The standard InChI is InChI=1S/C23H36N6/c1-2-24-23(25-13-9-17-29-18-10-14-27-29)26-19-21-11-5-6-12-22(21)20-28-15-7-3-4-8-16-28/h5-6,10-12,14,18H,2-4,7-9,13,15-17,19-20H2,1H3,(H2,24,25,26). The molecule has 2 N–H and O–H groups in total. The summed E-state index contributed by atoms with van der Waals surface area (Å²) in [6, 6.07) is 10.7. The fraction of sp³-hybridized carbons (Fsp3) is 0.565. The molecule has 0 atom stereocenters. The van der Waals surface area contributed by atoms with E-state index in [2.05, 4.69) is 51.8 Å². The number of aromatic nitrogens is 2. The molecule has 1 aliphatic heterocycles. The van der Waals surface area contributed by atoms with Crippen molar-refractivity contribution in [2.75, 3.05) is 26.2 Å². The summed E-state index contributed by atoms with van der Waals surface area (Å²) in [5, 5.41) is 11.1. The Kier molecular flexibility index (Phi) is 9.04. The molecule has 6 heteroatoms. The molecule has 1 saturated heterocycles. The molecule has 0 unspecified atom stereocenters. The number of likely N-dealkylation sites (tertiary alicyclic amines) is 1. The van der Waals surface area contributed by atoms with Gasteiger partial charge in [-0.2, -0.15) is 5.10 Å². The summed E-state index contributed by atoms with van der Waals surface area (Å²) in [6.07, 6.45) is 10.2. The molecule has 0 radical (unpaired) electrons. The van der Waals surface area contributed by atoms with Crippen molar-refractivity contribution in [2.45, 2.75) is 58.7 Å². The molecular formula is C23H36N6. The topological polar surface area (TPSA) is 57.5 Å². The number of hydrogen-bond donors (Lipinski definition) is 2. The highest BCUT2D eigenvalue weighted by Gasteiger charge is 2.11. The van der Waals surface area contributed by atoms with Gasteiger partial charge in [0.15, 0.2) is 5.96 Å². The van der Waals surface area contributed by atoms with Gasteiger partial charge in [-0.1, -0.05) is 37.1 Å². The quantitative estimate of drug-likeness (QED) is 0.387. The van der Waals surface area contributed by atoms with Crippen LogP contribution in [0.25, 0.3) is 0 Å². The Bertz CT molecular complexity index is 717. The van der Waals surface area contributed by atoms with Gasteiger partial charge in [-0.15, -0.1) is 0 Å². The molecule has 0 bridgehead atoms. The second kappa shape index (κ2) is 12.3. The van der Waals surface area contributed by atoms with E-state index < -0.39 is 0 Å². The summed E-state index contributed by atoms with van der Waals surface area (Å²) in [6.45, 7) is 8.95. The van der Waals surface area contributed by atoms with E-state index in [1.165, 1.54) is 49.9 Å². The van der Waals surface area contributed by atoms with Crippen LogP contribution in [0.5, 0.6) is 0 Å². The van der Waals surface area contributed by atoms with Crippen molar-refractivity contribution >= 4 is 5.96 Å². The van der Waals surface area contributed by atoms with Crippen molar-refractivity contribution < 1.29 is 0 Å². The first kappa shape index (κ1) is 21.4. The summed E-state index contributed by atoms with van der Waals surface area (Å²) in [5.74, 6) is 0.887. The van der Waals surface area contributed by atoms with E-state index in [0.717, 1.165) is 38.6 Å². The zero-order valence-electron chi connectivity index (χ0n) is 17.8. The Morgan fingerprint density at radius 1 is 1.03 bits per heavy atom. The van der Waals surface area contributed by atoms with E-state index in [9.17, 15) is 0 Å². The van der Waals surface area contributed by atoms with Crippen molar-refractivity contribution in [1.82, 2.24) is 25.3 Å². The third-order valence-electron chi connectivity index (χ3n) is 5.38. The van der Waals surface area contributed by atoms with Crippen LogP contribution in [0.2, 0.25) is 0 Å². The highest BCUT2D eigenvalue weighted by Crippen LogP contribution is 2.16. The van der Waals surface area contributed by atoms with Gasteiger partial charge in [-0.25, -0.2) is 4.99 Å². The van der Waals surface area contributed by atoms with E-state index in [4.69, 9.17) is 4.99 Å². The monoisotopic (exact) mass is 396 g/mol. The van der Waals surface area contributed by atoms with Gasteiger partial charge in [-0.05, 0) is 56.5 Å². The fourth-order valence-electron chi connectivity index (χ4n) is 3.79. The van der Waals surface area contributed by atoms with Crippen LogP contribution in [0.3, 0.4) is 0 Å². The first-order valence-electron chi connectivity index (χ1n) is 11.1. The molecule has 3 rings (SSSR count). The van der Waals surface area contributed by atoms with Crippen molar-refractivity contribution in [3.8, 4) is 0 Å². The minimum absolute atomic E-state index is 0.707. The van der Waals surface area contributed by atoms with Gasteiger partial charge in [0.05, 0.1) is 6.54 Å². The van der Waals surface area contributed by atoms with Crippen LogP contribution in [0.15, 0.2) is 47.7 Å². The van der Waals surface area contributed by atoms with Gasteiger partial charge < -0.3 is 10.6 Å². The molecule has 0 saturated carbocycles. The van der Waals surface area contributed by atoms with Gasteiger partial charge >= 0.3 is 0 Å². The normalized spacial score (nSPS) is 15.8. The van der Waals surface area contributed by atoms with Gasteiger partial charge in [0, 0.05) is 38.6 Å². The van der Waals surface area contributed by atoms with Crippen LogP contribution < -0.4 is 10.6 Å². The fourth-order valence-corrected chi connectivity index (χ4v) is 3.79. The highest BCUT2D eigenvalue weighted by molar-refractivity contribution is 5.79. The molecule has 29 heavy (non-hydrogen) atoms. The molecule has 0 amide bonds. The molecule has 1 fully saturated rings. The molecule has 1 aliphatic rings. The Balaban J connectivity index is 1.53. The zero-order chi connectivity index (χ0) is 20.2. The maximum atomic E-state index is 4.84. The summed E-state index contributed by atoms with van der Waals surface area (Å²) in [5.41, 5.74) is 2.73. The first-order valence-corrected chi connectivity index (χ1v) is 11.1. The van der Waals surface area contributed by atoms with E-state index in [1.807, 2.05) is 23.1 Å². The summed E-state index contributed by atoms with van der Waals surface area (Å²) >= 11 is 0. The van der Waals surface area contributed by atoms with Crippen LogP contribution >= 0.6 is 0 Å². The molecule has 0 spiro atoms. The maximum absolute atomic E-state index is 4.84. The lowest BCUT2D eigenvalue weighted by molar-refractivity contribution is 0.276. The molecule has 158 valence electrons. The van der Waals surface area contributed by atoms with Gasteiger partial charge in [0.25, 0.3) is 0 Å². The SMILES string of the molecule is CCNC(=NCc1ccccc1CN1CCCCCC1)NCCCn1cccn1. The molecule has 1 aromatic carbocycles. The average molecular weight is 397 g/mol. The van der Waals surface area contributed by atoms with Crippen molar-refractivity contribution in [3.05, 3.63) is 53.9 Å². The number of guanidine groups is 1. The highest BCUT2D eigenvalue weighted by atomic mass is 15.3. The van der Waals surface area contributed by atoms with Crippen LogP contribution in [-0.2, 0) is 19.6 Å². The molecule has 0 aliphatic carbocycles. The van der Waals surface area contributed by atoms with Gasteiger partial charge in [0.1, 0.15) is 0 Å². The van der Waals surface area contributed by atoms with E-state index >= 15 is 0 Å². The largest absolute Gasteiger partial charge is 0.357 e. The maximum Gasteiger partial charge on any atom is 0.191 e. The predicted molar refractivity (Wildman–Crippen MR) is 120 cm³/mol. The molecule has 2 aromatic rings. The number of nitrogens with zero attached hydrogens (tertiary/aromatic N) is 4. The number of aryl methyl sites for hydroxylation is 1. The van der Waals surface area contributed by atoms with Crippen LogP contribution in [0.4, 0.5) is 0 Å². The van der Waals surface area contributed by atoms with Crippen molar-refractivity contribution in [3.63, 3.8) is 0 Å². The van der Waals surface area contributed by atoms with Crippen LogP contribution in [0.1, 0.15) is 50.2 Å². The van der Waals surface area contributed by atoms with Crippen molar-refractivity contribution in [1.29, 1.82) is 0 Å². The molecule has 2 heterocycles. The van der Waals surface area contributed by atoms with Crippen LogP contribution in [-0.4, -0.2) is 46.8 Å². The Morgan fingerprint density at radius 2 is 1.83 bits per heavy atom. The predicted octanol–water partition coefficient (Wildman–Crippen LogP) is 3.40. The Labute approximate surface area is 175 Å². The lowest BCUT2D eigenvalue weighted by Crippen LogP contribution is -2.38. The first-order chi connectivity index (χ1) is 14.3. The van der Waals surface area contributed by atoms with Gasteiger partial charge in [-0.3, -0.25) is 9.58 Å². The summed E-state index contributed by atoms with van der Waals surface area (Å²) < 4.78 is 1.96. The van der Waals surface area contributed by atoms with Crippen molar-refractivity contribution in [2.24, 2.45) is 4.99 Å². The zero-order valence-corrected chi connectivity index (χ0v) is 17.8. The average Bonchev–Trinajstić information content (AvgIpc) is 3.13. The third kappa shape index (κ3) is 7.54. The number of rotatable bonds is 9. The number of benzene rings is 1. The lowest BCUT2D eigenvalue weighted by atomic mass is 10.1. The van der Waals surface area contributed by atoms with Gasteiger partial charge in [0.2, 0.25) is 0 Å². The number of hydrogen-bond acceptors (Lipinski definition) is 3. The van der Waals surface area contributed by atoms with E-state index in [0.29, 0.717) is 6.54 Å².